The molecule has 46 heavy (non-hydrogen) atoms. The van der Waals surface area contributed by atoms with Crippen LogP contribution in [0.4, 0.5) is 0 Å². The molecule has 4 aromatic rings. The smallest absolute Gasteiger partial charge is 0.241 e. The molecule has 3 heterocycles. The Bertz CT molecular complexity index is 1840. The second-order valence-corrected chi connectivity index (χ2v) is 14.0. The molecule has 10 heteroatoms. The van der Waals surface area contributed by atoms with Crippen molar-refractivity contribution in [2.24, 2.45) is 0 Å². The molecule has 0 saturated carbocycles. The molecule has 3 aliphatic rings. The van der Waals surface area contributed by atoms with Gasteiger partial charge in [-0.15, -0.1) is 0 Å². The van der Waals surface area contributed by atoms with Crippen molar-refractivity contribution in [3.05, 3.63) is 95.6 Å². The predicted molar refractivity (Wildman–Crippen MR) is 176 cm³/mol. The summed E-state index contributed by atoms with van der Waals surface area (Å²) in [4.78, 5) is 16.3. The molecule has 2 N–H and O–H groups in total. The fraction of sp³-hybridized carbons (Fsp3) is 0.361. The number of fused-ring (bicyclic) bond motifs is 3. The van der Waals surface area contributed by atoms with Gasteiger partial charge in [-0.2, -0.15) is 0 Å². The Morgan fingerprint density at radius 1 is 0.804 bits per heavy atom. The lowest BCUT2D eigenvalue weighted by molar-refractivity contribution is -0.122. The average Bonchev–Trinajstić information content (AvgIpc) is 3.08. The Labute approximate surface area is 269 Å². The molecule has 2 unspecified atom stereocenters. The molecule has 9 nitrogen and oxygen atoms in total. The molecule has 0 bridgehead atoms. The Morgan fingerprint density at radius 2 is 1.59 bits per heavy atom. The summed E-state index contributed by atoms with van der Waals surface area (Å²) in [6.45, 7) is 4.46. The number of hydrogen-bond acceptors (Lipinski definition) is 7. The summed E-state index contributed by atoms with van der Waals surface area (Å²) in [6, 6.07) is 23.1. The summed E-state index contributed by atoms with van der Waals surface area (Å²) in [5.41, 5.74) is 2.75. The third-order valence-corrected chi connectivity index (χ3v) is 10.5. The summed E-state index contributed by atoms with van der Waals surface area (Å²) in [5, 5.41) is 4.93. The first-order valence-electron chi connectivity index (χ1n) is 16.1. The van der Waals surface area contributed by atoms with E-state index in [9.17, 15) is 13.2 Å². The molecule has 0 aromatic heterocycles. The summed E-state index contributed by atoms with van der Waals surface area (Å²) >= 11 is 0. The van der Waals surface area contributed by atoms with Crippen LogP contribution in [-0.4, -0.2) is 52.1 Å². The van der Waals surface area contributed by atoms with Gasteiger partial charge < -0.3 is 19.5 Å². The van der Waals surface area contributed by atoms with E-state index >= 15 is 0 Å². The highest BCUT2D eigenvalue weighted by Crippen LogP contribution is 2.36. The van der Waals surface area contributed by atoms with Crippen LogP contribution in [0.2, 0.25) is 0 Å². The average molecular weight is 642 g/mol. The third kappa shape index (κ3) is 6.84. The van der Waals surface area contributed by atoms with E-state index in [1.165, 1.54) is 24.8 Å². The summed E-state index contributed by atoms with van der Waals surface area (Å²) in [6.07, 6.45) is 4.29. The Balaban J connectivity index is 1.11. The van der Waals surface area contributed by atoms with Crippen LogP contribution in [0, 0.1) is 0 Å². The largest absolute Gasteiger partial charge is 0.493 e. The van der Waals surface area contributed by atoms with Crippen molar-refractivity contribution in [2.45, 2.75) is 55.6 Å². The number of ether oxygens (including phenoxy) is 3. The number of likely N-dealkylation sites (tertiary alicyclic amines) is 1. The van der Waals surface area contributed by atoms with Gasteiger partial charge in [0.2, 0.25) is 15.9 Å². The van der Waals surface area contributed by atoms with E-state index in [4.69, 9.17) is 14.2 Å². The lowest BCUT2D eigenvalue weighted by Gasteiger charge is -2.30. The minimum Gasteiger partial charge on any atom is -0.493 e. The van der Waals surface area contributed by atoms with E-state index in [0.29, 0.717) is 43.3 Å². The van der Waals surface area contributed by atoms with E-state index in [2.05, 4.69) is 33.1 Å². The van der Waals surface area contributed by atoms with Crippen LogP contribution < -0.4 is 24.2 Å². The lowest BCUT2D eigenvalue weighted by atomic mass is 9.97. The maximum atomic E-state index is 13.7. The SMILES string of the molecule is O=C(CC(NS(=O)(=O)c1ccc2ccccc2c1)c1ccc2c(c1)OCCO2)NC1CCOc2cc(CN3CCCCC3)ccc21. The second kappa shape index (κ2) is 13.3. The molecule has 0 spiro atoms. The van der Waals surface area contributed by atoms with E-state index in [1.54, 1.807) is 36.4 Å². The Kier molecular flexibility index (Phi) is 8.84. The number of amides is 1. The van der Waals surface area contributed by atoms with Crippen molar-refractivity contribution in [3.8, 4) is 17.2 Å². The molecule has 1 saturated heterocycles. The first-order chi connectivity index (χ1) is 22.4. The van der Waals surface area contributed by atoms with Gasteiger partial charge in [0, 0.05) is 24.9 Å². The van der Waals surface area contributed by atoms with Crippen molar-refractivity contribution in [1.82, 2.24) is 14.9 Å². The van der Waals surface area contributed by atoms with E-state index in [0.717, 1.165) is 41.7 Å². The van der Waals surface area contributed by atoms with E-state index in [1.807, 2.05) is 24.3 Å². The number of carbonyl (C=O) groups is 1. The summed E-state index contributed by atoms with van der Waals surface area (Å²) < 4.78 is 47.8. The molecule has 0 radical (unpaired) electrons. The first kappa shape index (κ1) is 30.5. The van der Waals surface area contributed by atoms with Crippen LogP contribution in [0.3, 0.4) is 0 Å². The van der Waals surface area contributed by atoms with Crippen molar-refractivity contribution in [3.63, 3.8) is 0 Å². The van der Waals surface area contributed by atoms with E-state index < -0.39 is 16.1 Å². The van der Waals surface area contributed by atoms with Gasteiger partial charge in [0.25, 0.3) is 0 Å². The van der Waals surface area contributed by atoms with Crippen molar-refractivity contribution < 1.29 is 27.4 Å². The third-order valence-electron chi connectivity index (χ3n) is 8.99. The molecule has 1 amide bonds. The summed E-state index contributed by atoms with van der Waals surface area (Å²) in [5.74, 6) is 1.65. The fourth-order valence-corrected chi connectivity index (χ4v) is 7.85. The zero-order valence-electron chi connectivity index (χ0n) is 25.7. The van der Waals surface area contributed by atoms with E-state index in [-0.39, 0.29) is 23.3 Å². The van der Waals surface area contributed by atoms with Crippen molar-refractivity contribution in [1.29, 1.82) is 0 Å². The van der Waals surface area contributed by atoms with Gasteiger partial charge in [0.15, 0.2) is 11.5 Å². The molecule has 7 rings (SSSR count). The summed E-state index contributed by atoms with van der Waals surface area (Å²) in [7, 11) is -3.99. The zero-order chi connectivity index (χ0) is 31.5. The molecular formula is C36H39N3O6S. The number of carbonyl (C=O) groups excluding carboxylic acids is 1. The normalized spacial score (nSPS) is 18.7. The van der Waals surface area contributed by atoms with Crippen LogP contribution in [0.1, 0.15) is 60.9 Å². The van der Waals surface area contributed by atoms with Crippen LogP contribution in [0.5, 0.6) is 17.2 Å². The van der Waals surface area contributed by atoms with Gasteiger partial charge >= 0.3 is 0 Å². The molecule has 240 valence electrons. The van der Waals surface area contributed by atoms with Gasteiger partial charge in [-0.1, -0.05) is 55.0 Å². The van der Waals surface area contributed by atoms with Crippen molar-refractivity contribution in [2.75, 3.05) is 32.9 Å². The van der Waals surface area contributed by atoms with Crippen molar-refractivity contribution >= 4 is 26.7 Å². The van der Waals surface area contributed by atoms with Crippen LogP contribution in [0.25, 0.3) is 10.8 Å². The first-order valence-corrected chi connectivity index (χ1v) is 17.6. The van der Waals surface area contributed by atoms with Gasteiger partial charge in [-0.05, 0) is 78.2 Å². The highest BCUT2D eigenvalue weighted by atomic mass is 32.2. The van der Waals surface area contributed by atoms with Gasteiger partial charge in [-0.25, -0.2) is 13.1 Å². The highest BCUT2D eigenvalue weighted by molar-refractivity contribution is 7.89. The van der Waals surface area contributed by atoms with Crippen LogP contribution in [-0.2, 0) is 21.4 Å². The Morgan fingerprint density at radius 3 is 2.43 bits per heavy atom. The topological polar surface area (TPSA) is 106 Å². The molecule has 2 atom stereocenters. The lowest BCUT2D eigenvalue weighted by Crippen LogP contribution is -2.36. The molecule has 4 aromatic carbocycles. The fourth-order valence-electron chi connectivity index (χ4n) is 6.59. The highest BCUT2D eigenvalue weighted by Gasteiger charge is 2.29. The van der Waals surface area contributed by atoms with Crippen LogP contribution in [0.15, 0.2) is 83.8 Å². The maximum absolute atomic E-state index is 13.7. The maximum Gasteiger partial charge on any atom is 0.241 e. The number of piperidine rings is 1. The number of benzene rings is 4. The molecular weight excluding hydrogens is 602 g/mol. The number of nitrogens with zero attached hydrogens (tertiary/aromatic N) is 1. The number of nitrogens with one attached hydrogen (secondary N) is 2. The zero-order valence-corrected chi connectivity index (χ0v) is 26.6. The molecule has 3 aliphatic heterocycles. The van der Waals surface area contributed by atoms with Gasteiger partial charge in [-0.3, -0.25) is 9.69 Å². The second-order valence-electron chi connectivity index (χ2n) is 12.3. The number of rotatable bonds is 9. The monoisotopic (exact) mass is 641 g/mol. The van der Waals surface area contributed by atoms with Gasteiger partial charge in [0.1, 0.15) is 19.0 Å². The minimum atomic E-state index is -3.99. The standard InChI is InChI=1S/C36H39N3O6S/c40-36(37-31-14-17-43-34-20-25(8-12-30(31)34)24-39-15-4-1-5-16-39)23-32(28-10-13-33-35(22-28)45-19-18-44-33)38-46(41,42)29-11-9-26-6-2-3-7-27(26)21-29/h2-3,6-13,20-22,31-32,38H,1,4-5,14-19,23-24H2,(H,37,40). The Hall–Kier alpha value is -4.12. The molecule has 0 aliphatic carbocycles. The molecule has 1 fully saturated rings. The number of sulfonamides is 1. The van der Waals surface area contributed by atoms with Crippen LogP contribution >= 0.6 is 0 Å². The predicted octanol–water partition coefficient (Wildman–Crippen LogP) is 5.65. The number of hydrogen-bond donors (Lipinski definition) is 2. The quantitative estimate of drug-likeness (QED) is 0.244. The minimum absolute atomic E-state index is 0.105. The van der Waals surface area contributed by atoms with Gasteiger partial charge in [0.05, 0.1) is 23.6 Å².